The first-order valence-corrected chi connectivity index (χ1v) is 5.45. The molecule has 1 aliphatic carbocycles. The summed E-state index contributed by atoms with van der Waals surface area (Å²) in [7, 11) is -4.98. The molecule has 7 nitrogen and oxygen atoms in total. The predicted octanol–water partition coefficient (Wildman–Crippen LogP) is -1.46. The third kappa shape index (κ3) is 2.09. The SMILES string of the molecule is CC1=CC(=O)C(S(=O)(=O)O)=C(C(O)O)C1=O. The van der Waals surface area contributed by atoms with Crippen LogP contribution in [0.4, 0.5) is 0 Å². The van der Waals surface area contributed by atoms with Gasteiger partial charge in [0.2, 0.25) is 5.78 Å². The highest BCUT2D eigenvalue weighted by Gasteiger charge is 2.36. The van der Waals surface area contributed by atoms with Gasteiger partial charge in [-0.1, -0.05) is 0 Å². The van der Waals surface area contributed by atoms with Crippen LogP contribution in [0.2, 0.25) is 0 Å². The van der Waals surface area contributed by atoms with Crippen LogP contribution in [-0.2, 0) is 19.7 Å². The van der Waals surface area contributed by atoms with E-state index in [0.717, 1.165) is 0 Å². The molecule has 3 N–H and O–H groups in total. The average Bonchev–Trinajstić information content (AvgIpc) is 2.07. The topological polar surface area (TPSA) is 129 Å². The van der Waals surface area contributed by atoms with Crippen LogP contribution in [0.5, 0.6) is 0 Å². The number of ketones is 2. The minimum atomic E-state index is -4.98. The Hall–Kier alpha value is -1.35. The Bertz CT molecular complexity index is 521. The number of rotatable bonds is 2. The lowest BCUT2D eigenvalue weighted by Crippen LogP contribution is -2.29. The molecular weight excluding hydrogens is 240 g/mol. The fraction of sp³-hybridized carbons (Fsp3) is 0.250. The second kappa shape index (κ2) is 3.91. The maximum absolute atomic E-state index is 11.4. The molecule has 0 atom stereocenters. The number of hydrogen-bond donors (Lipinski definition) is 3. The Kier molecular flexibility index (Phi) is 3.10. The van der Waals surface area contributed by atoms with E-state index in [4.69, 9.17) is 14.8 Å². The lowest BCUT2D eigenvalue weighted by molar-refractivity contribution is -0.118. The van der Waals surface area contributed by atoms with E-state index in [1.807, 2.05) is 0 Å². The minimum absolute atomic E-state index is 0.138. The van der Waals surface area contributed by atoms with Gasteiger partial charge in [-0.05, 0) is 13.0 Å². The summed E-state index contributed by atoms with van der Waals surface area (Å²) in [6.07, 6.45) is -1.74. The highest BCUT2D eigenvalue weighted by molar-refractivity contribution is 7.91. The zero-order chi connectivity index (χ0) is 12.7. The summed E-state index contributed by atoms with van der Waals surface area (Å²) >= 11 is 0. The maximum Gasteiger partial charge on any atom is 0.299 e. The molecule has 0 amide bonds. The van der Waals surface area contributed by atoms with Gasteiger partial charge in [-0.25, -0.2) is 0 Å². The third-order valence-electron chi connectivity index (χ3n) is 1.93. The Morgan fingerprint density at radius 1 is 1.25 bits per heavy atom. The Morgan fingerprint density at radius 3 is 2.12 bits per heavy atom. The summed E-state index contributed by atoms with van der Waals surface area (Å²) in [6.45, 7) is 1.21. The molecule has 0 bridgehead atoms. The standard InChI is InChI=1S/C8H8O7S/c1-3-2-4(9)7(16(13,14)15)5(6(3)10)8(11)12/h2,8,11-12H,1H3,(H,13,14,15). The molecule has 0 aromatic heterocycles. The van der Waals surface area contributed by atoms with Crippen molar-refractivity contribution in [1.82, 2.24) is 0 Å². The molecule has 0 aliphatic heterocycles. The minimum Gasteiger partial charge on any atom is -0.364 e. The van der Waals surface area contributed by atoms with Gasteiger partial charge < -0.3 is 10.2 Å². The highest BCUT2D eigenvalue weighted by Crippen LogP contribution is 2.24. The first-order chi connectivity index (χ1) is 7.16. The van der Waals surface area contributed by atoms with E-state index in [0.29, 0.717) is 6.08 Å². The zero-order valence-corrected chi connectivity index (χ0v) is 8.85. The number of aliphatic hydroxyl groups excluding tert-OH is 1. The van der Waals surface area contributed by atoms with Gasteiger partial charge in [0, 0.05) is 5.57 Å². The molecule has 16 heavy (non-hydrogen) atoms. The molecule has 0 saturated carbocycles. The van der Waals surface area contributed by atoms with Crippen molar-refractivity contribution >= 4 is 21.7 Å². The summed E-state index contributed by atoms with van der Waals surface area (Å²) < 4.78 is 30.4. The summed E-state index contributed by atoms with van der Waals surface area (Å²) in [5.41, 5.74) is -1.17. The van der Waals surface area contributed by atoms with Gasteiger partial charge in [-0.3, -0.25) is 14.1 Å². The van der Waals surface area contributed by atoms with Crippen LogP contribution in [0.25, 0.3) is 0 Å². The zero-order valence-electron chi connectivity index (χ0n) is 8.04. The van der Waals surface area contributed by atoms with Gasteiger partial charge in [0.1, 0.15) is 0 Å². The first kappa shape index (κ1) is 12.7. The number of Topliss-reactive ketones (excluding diaryl/α,β-unsaturated/α-hetero) is 1. The average molecular weight is 248 g/mol. The van der Waals surface area contributed by atoms with Crippen molar-refractivity contribution in [1.29, 1.82) is 0 Å². The van der Waals surface area contributed by atoms with Gasteiger partial charge in [0.15, 0.2) is 17.0 Å². The quantitative estimate of drug-likeness (QED) is 0.309. The highest BCUT2D eigenvalue weighted by atomic mass is 32.2. The fourth-order valence-electron chi connectivity index (χ4n) is 1.28. The van der Waals surface area contributed by atoms with E-state index < -0.39 is 38.5 Å². The molecule has 0 radical (unpaired) electrons. The van der Waals surface area contributed by atoms with Crippen molar-refractivity contribution in [3.8, 4) is 0 Å². The summed E-state index contributed by atoms with van der Waals surface area (Å²) in [6, 6.07) is 0. The third-order valence-corrected chi connectivity index (χ3v) is 2.87. The Morgan fingerprint density at radius 2 is 1.75 bits per heavy atom. The van der Waals surface area contributed by atoms with Crippen molar-refractivity contribution < 1.29 is 32.8 Å². The molecule has 1 rings (SSSR count). The van der Waals surface area contributed by atoms with E-state index in [9.17, 15) is 18.0 Å². The van der Waals surface area contributed by atoms with Crippen LogP contribution in [0.15, 0.2) is 22.1 Å². The number of carbonyl (C=O) groups is 2. The number of carbonyl (C=O) groups excluding carboxylic acids is 2. The van der Waals surface area contributed by atoms with Crippen LogP contribution < -0.4 is 0 Å². The fourth-order valence-corrected chi connectivity index (χ4v) is 2.07. The monoisotopic (exact) mass is 248 g/mol. The first-order valence-electron chi connectivity index (χ1n) is 4.01. The van der Waals surface area contributed by atoms with Crippen LogP contribution in [-0.4, -0.2) is 41.0 Å². The predicted molar refractivity (Wildman–Crippen MR) is 50.6 cm³/mol. The normalized spacial score (nSPS) is 18.2. The number of aliphatic hydroxyl groups is 2. The van der Waals surface area contributed by atoms with Gasteiger partial charge in [-0.2, -0.15) is 8.42 Å². The van der Waals surface area contributed by atoms with E-state index in [1.165, 1.54) is 6.92 Å². The van der Waals surface area contributed by atoms with Gasteiger partial charge >= 0.3 is 0 Å². The molecule has 0 aromatic carbocycles. The van der Waals surface area contributed by atoms with E-state index in [2.05, 4.69) is 0 Å². The van der Waals surface area contributed by atoms with Crippen LogP contribution in [0, 0.1) is 0 Å². The molecule has 0 fully saturated rings. The van der Waals surface area contributed by atoms with Gasteiger partial charge in [-0.15, -0.1) is 0 Å². The Balaban J connectivity index is 3.59. The van der Waals surface area contributed by atoms with E-state index in [-0.39, 0.29) is 5.57 Å². The van der Waals surface area contributed by atoms with Crippen molar-refractivity contribution in [2.75, 3.05) is 0 Å². The molecular formula is C8H8O7S. The molecule has 88 valence electrons. The van der Waals surface area contributed by atoms with Crippen molar-refractivity contribution in [3.05, 3.63) is 22.1 Å². The molecule has 0 aromatic rings. The van der Waals surface area contributed by atoms with Crippen molar-refractivity contribution in [2.45, 2.75) is 13.2 Å². The van der Waals surface area contributed by atoms with Crippen molar-refractivity contribution in [3.63, 3.8) is 0 Å². The molecule has 0 spiro atoms. The van der Waals surface area contributed by atoms with Gasteiger partial charge in [0.25, 0.3) is 10.1 Å². The van der Waals surface area contributed by atoms with Crippen LogP contribution in [0.3, 0.4) is 0 Å². The summed E-state index contributed by atoms with van der Waals surface area (Å²) in [5.74, 6) is -2.18. The lowest BCUT2D eigenvalue weighted by atomic mass is 9.96. The second-order valence-corrected chi connectivity index (χ2v) is 4.47. The number of allylic oxidation sites excluding steroid dienone is 3. The molecule has 1 aliphatic rings. The molecule has 0 saturated heterocycles. The summed E-state index contributed by atoms with van der Waals surface area (Å²) in [5, 5.41) is 17.7. The molecule has 8 heteroatoms. The van der Waals surface area contributed by atoms with E-state index in [1.54, 1.807) is 0 Å². The van der Waals surface area contributed by atoms with Crippen LogP contribution in [0.1, 0.15) is 6.92 Å². The molecule has 0 heterocycles. The van der Waals surface area contributed by atoms with E-state index >= 15 is 0 Å². The van der Waals surface area contributed by atoms with Gasteiger partial charge in [0.05, 0.1) is 5.57 Å². The Labute approximate surface area is 90.4 Å². The maximum atomic E-state index is 11.4. The van der Waals surface area contributed by atoms with Crippen LogP contribution >= 0.6 is 0 Å². The lowest BCUT2D eigenvalue weighted by Gasteiger charge is -2.16. The molecule has 0 unspecified atom stereocenters. The number of hydrogen-bond acceptors (Lipinski definition) is 6. The second-order valence-electron chi connectivity index (χ2n) is 3.11. The largest absolute Gasteiger partial charge is 0.364 e. The smallest absolute Gasteiger partial charge is 0.299 e. The summed E-state index contributed by atoms with van der Waals surface area (Å²) in [4.78, 5) is 21.4. The van der Waals surface area contributed by atoms with Crippen molar-refractivity contribution in [2.24, 2.45) is 0 Å².